The molecule has 0 aromatic carbocycles. The molecule has 0 atom stereocenters. The van der Waals surface area contributed by atoms with Gasteiger partial charge in [-0.25, -0.2) is 0 Å². The van der Waals surface area contributed by atoms with Gasteiger partial charge >= 0.3 is 0 Å². The highest BCUT2D eigenvalue weighted by Crippen LogP contribution is 2.28. The molecule has 1 aromatic heterocycles. The predicted molar refractivity (Wildman–Crippen MR) is 94.6 cm³/mol. The van der Waals surface area contributed by atoms with Gasteiger partial charge in [0.25, 0.3) is 0 Å². The predicted octanol–water partition coefficient (Wildman–Crippen LogP) is 2.16. The second-order valence-electron chi connectivity index (χ2n) is 6.56. The van der Waals surface area contributed by atoms with E-state index >= 15 is 0 Å². The highest BCUT2D eigenvalue weighted by atomic mass is 35.5. The van der Waals surface area contributed by atoms with Crippen LogP contribution in [0.4, 0.5) is 0 Å². The van der Waals surface area contributed by atoms with Crippen molar-refractivity contribution in [2.24, 2.45) is 11.8 Å². The molecule has 2 amide bonds. The van der Waals surface area contributed by atoms with E-state index in [0.717, 1.165) is 30.6 Å². The van der Waals surface area contributed by atoms with Gasteiger partial charge in [0.1, 0.15) is 5.15 Å². The normalized spacial score (nSPS) is 14.4. The molecule has 1 aliphatic carbocycles. The third-order valence-corrected chi connectivity index (χ3v) is 4.12. The molecule has 0 spiro atoms. The lowest BCUT2D eigenvalue weighted by Gasteiger charge is -2.05. The molecule has 0 bridgehead atoms. The molecule has 0 radical (unpaired) electrons. The minimum atomic E-state index is -0.220. The zero-order valence-corrected chi connectivity index (χ0v) is 15.2. The second kappa shape index (κ2) is 8.33. The molecular formula is C17H25ClN4O2. The van der Waals surface area contributed by atoms with E-state index in [2.05, 4.69) is 29.6 Å². The highest BCUT2D eigenvalue weighted by molar-refractivity contribution is 6.31. The van der Waals surface area contributed by atoms with Crippen LogP contribution >= 0.6 is 11.6 Å². The molecule has 132 valence electrons. The fourth-order valence-corrected chi connectivity index (χ4v) is 2.61. The van der Waals surface area contributed by atoms with E-state index in [1.165, 1.54) is 6.08 Å². The average Bonchev–Trinajstić information content (AvgIpc) is 3.31. The summed E-state index contributed by atoms with van der Waals surface area (Å²) in [5.41, 5.74) is 1.55. The first-order valence-corrected chi connectivity index (χ1v) is 8.72. The smallest absolute Gasteiger partial charge is 0.244 e. The van der Waals surface area contributed by atoms with Crippen LogP contribution in [0.1, 0.15) is 37.9 Å². The maximum atomic E-state index is 11.8. The van der Waals surface area contributed by atoms with E-state index in [-0.39, 0.29) is 17.7 Å². The van der Waals surface area contributed by atoms with E-state index in [0.29, 0.717) is 24.2 Å². The van der Waals surface area contributed by atoms with E-state index in [1.807, 2.05) is 6.92 Å². The molecule has 6 nitrogen and oxygen atoms in total. The fraction of sp³-hybridized carbons (Fsp3) is 0.588. The van der Waals surface area contributed by atoms with Crippen molar-refractivity contribution in [3.63, 3.8) is 0 Å². The van der Waals surface area contributed by atoms with Gasteiger partial charge in [0.15, 0.2) is 0 Å². The Bertz CT molecular complexity index is 633. The minimum Gasteiger partial charge on any atom is -0.354 e. The Labute approximate surface area is 147 Å². The number of carbonyl (C=O) groups excluding carboxylic acids is 2. The maximum Gasteiger partial charge on any atom is 0.244 e. The molecular weight excluding hydrogens is 328 g/mol. The van der Waals surface area contributed by atoms with Crippen LogP contribution in [0.15, 0.2) is 6.08 Å². The standard InChI is InChI=1S/C17H25ClN4O2/c1-11(2)10-22-16(18)14(12(3)21-22)6-7-15(23)19-8-9-20-17(24)13-4-5-13/h6-7,11,13H,4-5,8-10H2,1-3H3,(H,19,23)(H,20,24)/b7-6+. The number of nitrogens with zero attached hydrogens (tertiary/aromatic N) is 2. The van der Waals surface area contributed by atoms with Crippen molar-refractivity contribution < 1.29 is 9.59 Å². The number of amides is 2. The summed E-state index contributed by atoms with van der Waals surface area (Å²) in [6.45, 7) is 7.65. The first kappa shape index (κ1) is 18.5. The Hall–Kier alpha value is -1.82. The first-order valence-electron chi connectivity index (χ1n) is 8.35. The number of carbonyl (C=O) groups is 2. The van der Waals surface area contributed by atoms with E-state index < -0.39 is 0 Å². The molecule has 0 saturated heterocycles. The largest absolute Gasteiger partial charge is 0.354 e. The third kappa shape index (κ3) is 5.37. The molecule has 1 aromatic rings. The van der Waals surface area contributed by atoms with Gasteiger partial charge in [-0.2, -0.15) is 5.10 Å². The van der Waals surface area contributed by atoms with Crippen LogP contribution in [0.5, 0.6) is 0 Å². The van der Waals surface area contributed by atoms with Crippen LogP contribution < -0.4 is 10.6 Å². The van der Waals surface area contributed by atoms with Crippen molar-refractivity contribution in [3.8, 4) is 0 Å². The lowest BCUT2D eigenvalue weighted by molar-refractivity contribution is -0.122. The lowest BCUT2D eigenvalue weighted by Crippen LogP contribution is -2.34. The summed E-state index contributed by atoms with van der Waals surface area (Å²) in [5, 5.41) is 10.5. The monoisotopic (exact) mass is 352 g/mol. The quantitative estimate of drug-likeness (QED) is 0.556. The first-order chi connectivity index (χ1) is 11.4. The number of nitrogens with one attached hydrogen (secondary N) is 2. The number of hydrogen-bond acceptors (Lipinski definition) is 3. The Morgan fingerprint density at radius 2 is 2.00 bits per heavy atom. The van der Waals surface area contributed by atoms with Crippen LogP contribution in [0.3, 0.4) is 0 Å². The Balaban J connectivity index is 1.80. The summed E-state index contributed by atoms with van der Waals surface area (Å²) >= 11 is 6.32. The molecule has 24 heavy (non-hydrogen) atoms. The summed E-state index contributed by atoms with van der Waals surface area (Å²) in [4.78, 5) is 23.3. The van der Waals surface area contributed by atoms with Crippen molar-refractivity contribution in [2.75, 3.05) is 13.1 Å². The minimum absolute atomic E-state index is 0.0831. The number of halogens is 1. The molecule has 1 saturated carbocycles. The number of aryl methyl sites for hydroxylation is 1. The van der Waals surface area contributed by atoms with Crippen LogP contribution in [0.2, 0.25) is 5.15 Å². The third-order valence-electron chi connectivity index (χ3n) is 3.72. The number of hydrogen-bond donors (Lipinski definition) is 2. The second-order valence-corrected chi connectivity index (χ2v) is 6.91. The van der Waals surface area contributed by atoms with Crippen molar-refractivity contribution in [3.05, 3.63) is 22.5 Å². The molecule has 1 aliphatic rings. The topological polar surface area (TPSA) is 76.0 Å². The summed E-state index contributed by atoms with van der Waals surface area (Å²) < 4.78 is 1.76. The van der Waals surface area contributed by atoms with Gasteiger partial charge < -0.3 is 10.6 Å². The molecule has 2 N–H and O–H groups in total. The molecule has 0 unspecified atom stereocenters. The Morgan fingerprint density at radius 3 is 2.62 bits per heavy atom. The molecule has 0 aliphatic heterocycles. The SMILES string of the molecule is Cc1nn(CC(C)C)c(Cl)c1/C=C/C(=O)NCCNC(=O)C1CC1. The summed E-state index contributed by atoms with van der Waals surface area (Å²) in [6, 6.07) is 0. The molecule has 2 rings (SSSR count). The van der Waals surface area contributed by atoms with Gasteiger partial charge in [-0.15, -0.1) is 0 Å². The van der Waals surface area contributed by atoms with Crippen molar-refractivity contribution in [2.45, 2.75) is 40.2 Å². The zero-order chi connectivity index (χ0) is 17.7. The van der Waals surface area contributed by atoms with Gasteiger partial charge in [0.2, 0.25) is 11.8 Å². The Morgan fingerprint density at radius 1 is 1.33 bits per heavy atom. The van der Waals surface area contributed by atoms with Gasteiger partial charge in [-0.3, -0.25) is 14.3 Å². The van der Waals surface area contributed by atoms with E-state index in [1.54, 1.807) is 10.8 Å². The van der Waals surface area contributed by atoms with Gasteiger partial charge in [-0.1, -0.05) is 25.4 Å². The fourth-order valence-electron chi connectivity index (χ4n) is 2.30. The number of aromatic nitrogens is 2. The molecule has 1 fully saturated rings. The summed E-state index contributed by atoms with van der Waals surface area (Å²) in [5.74, 6) is 0.489. The van der Waals surface area contributed by atoms with E-state index in [9.17, 15) is 9.59 Å². The summed E-state index contributed by atoms with van der Waals surface area (Å²) in [7, 11) is 0. The average molecular weight is 353 g/mol. The summed E-state index contributed by atoms with van der Waals surface area (Å²) in [6.07, 6.45) is 5.08. The highest BCUT2D eigenvalue weighted by Gasteiger charge is 2.28. The molecule has 1 heterocycles. The van der Waals surface area contributed by atoms with Crippen LogP contribution in [-0.4, -0.2) is 34.7 Å². The number of rotatable bonds is 8. The zero-order valence-electron chi connectivity index (χ0n) is 14.4. The van der Waals surface area contributed by atoms with E-state index in [4.69, 9.17) is 11.6 Å². The molecule has 7 heteroatoms. The van der Waals surface area contributed by atoms with Crippen molar-refractivity contribution in [1.82, 2.24) is 20.4 Å². The maximum absolute atomic E-state index is 11.8. The van der Waals surface area contributed by atoms with Crippen molar-refractivity contribution >= 4 is 29.5 Å². The van der Waals surface area contributed by atoms with Crippen LogP contribution in [0, 0.1) is 18.8 Å². The van der Waals surface area contributed by atoms with Crippen molar-refractivity contribution in [1.29, 1.82) is 0 Å². The van der Waals surface area contributed by atoms with Crippen LogP contribution in [-0.2, 0) is 16.1 Å². The van der Waals surface area contributed by atoms with Gasteiger partial charge in [0, 0.05) is 37.2 Å². The Kier molecular flexibility index (Phi) is 6.43. The van der Waals surface area contributed by atoms with Crippen LogP contribution in [0.25, 0.3) is 6.08 Å². The van der Waals surface area contributed by atoms with Gasteiger partial charge in [-0.05, 0) is 31.8 Å². The lowest BCUT2D eigenvalue weighted by atomic mass is 10.2. The van der Waals surface area contributed by atoms with Gasteiger partial charge in [0.05, 0.1) is 5.69 Å².